The zero-order valence-electron chi connectivity index (χ0n) is 10.3. The van der Waals surface area contributed by atoms with Gasteiger partial charge in [0.05, 0.1) is 11.0 Å². The van der Waals surface area contributed by atoms with Gasteiger partial charge in [0.2, 0.25) is 5.95 Å². The topological polar surface area (TPSA) is 53.1 Å². The zero-order chi connectivity index (χ0) is 12.8. The first-order valence-corrected chi connectivity index (χ1v) is 6.91. The second-order valence-electron chi connectivity index (χ2n) is 5.05. The van der Waals surface area contributed by atoms with Crippen LogP contribution < -0.4 is 5.73 Å². The fourth-order valence-corrected chi connectivity index (χ4v) is 3.02. The maximum Gasteiger partial charge on any atom is 0.201 e. The predicted molar refractivity (Wildman–Crippen MR) is 75.5 cm³/mol. The highest BCUT2D eigenvalue weighted by Gasteiger charge is 2.32. The Kier molecular flexibility index (Phi) is 2.83. The molecule has 0 saturated carbocycles. The van der Waals surface area contributed by atoms with Crippen LogP contribution in [-0.4, -0.2) is 22.8 Å². The molecule has 4 nitrogen and oxygen atoms in total. The van der Waals surface area contributed by atoms with Crippen LogP contribution in [0.3, 0.4) is 0 Å². The predicted octanol–water partition coefficient (Wildman–Crippen LogP) is 2.91. The third-order valence-corrected chi connectivity index (χ3v) is 4.25. The number of nitrogens with zero attached hydrogens (tertiary/aromatic N) is 2. The number of hydrogen-bond acceptors (Lipinski definition) is 3. The smallest absolute Gasteiger partial charge is 0.201 e. The van der Waals surface area contributed by atoms with Gasteiger partial charge < -0.3 is 15.0 Å². The van der Waals surface area contributed by atoms with Crippen LogP contribution in [0.5, 0.6) is 0 Å². The van der Waals surface area contributed by atoms with Crippen molar-refractivity contribution >= 4 is 32.9 Å². The van der Waals surface area contributed by atoms with E-state index in [1.165, 1.54) is 0 Å². The summed E-state index contributed by atoms with van der Waals surface area (Å²) < 4.78 is 8.64. The fraction of sp³-hybridized carbons (Fsp3) is 0.462. The maximum atomic E-state index is 6.12. The quantitative estimate of drug-likeness (QED) is 0.881. The Morgan fingerprint density at radius 2 is 2.11 bits per heavy atom. The van der Waals surface area contributed by atoms with E-state index >= 15 is 0 Å². The summed E-state index contributed by atoms with van der Waals surface area (Å²) in [4.78, 5) is 4.46. The first kappa shape index (κ1) is 12.0. The second-order valence-corrected chi connectivity index (χ2v) is 5.96. The number of rotatable bonds is 1. The molecule has 0 radical (unpaired) electrons. The van der Waals surface area contributed by atoms with Crippen molar-refractivity contribution in [3.8, 4) is 0 Å². The van der Waals surface area contributed by atoms with E-state index < -0.39 is 0 Å². The number of ether oxygens (including phenoxy) is 1. The van der Waals surface area contributed by atoms with E-state index in [1.807, 2.05) is 12.1 Å². The zero-order valence-corrected chi connectivity index (χ0v) is 11.9. The highest BCUT2D eigenvalue weighted by atomic mass is 79.9. The number of benzene rings is 1. The van der Waals surface area contributed by atoms with Crippen molar-refractivity contribution in [2.75, 3.05) is 18.9 Å². The van der Waals surface area contributed by atoms with Gasteiger partial charge in [-0.1, -0.05) is 15.9 Å². The molecule has 1 aliphatic heterocycles. The van der Waals surface area contributed by atoms with Gasteiger partial charge in [-0.25, -0.2) is 4.98 Å². The minimum Gasteiger partial charge on any atom is -0.381 e. The lowest BCUT2D eigenvalue weighted by atomic mass is 9.92. The van der Waals surface area contributed by atoms with Crippen LogP contribution >= 0.6 is 15.9 Å². The highest BCUT2D eigenvalue weighted by molar-refractivity contribution is 9.10. The molecule has 1 aliphatic rings. The molecule has 0 spiro atoms. The highest BCUT2D eigenvalue weighted by Crippen LogP contribution is 2.35. The molecule has 0 unspecified atom stereocenters. The number of anilines is 1. The summed E-state index contributed by atoms with van der Waals surface area (Å²) in [7, 11) is 0. The molecule has 2 aromatic rings. The summed E-state index contributed by atoms with van der Waals surface area (Å²) in [6, 6.07) is 6.11. The first-order valence-electron chi connectivity index (χ1n) is 6.12. The van der Waals surface area contributed by atoms with Gasteiger partial charge in [-0.3, -0.25) is 0 Å². The van der Waals surface area contributed by atoms with Crippen LogP contribution in [-0.2, 0) is 10.3 Å². The molecular formula is C13H16BrN3O. The van der Waals surface area contributed by atoms with Crippen molar-refractivity contribution in [1.82, 2.24) is 9.55 Å². The van der Waals surface area contributed by atoms with Gasteiger partial charge in [0.15, 0.2) is 0 Å². The van der Waals surface area contributed by atoms with E-state index in [-0.39, 0.29) is 5.54 Å². The van der Waals surface area contributed by atoms with E-state index in [2.05, 4.69) is 38.5 Å². The molecule has 1 fully saturated rings. The number of nitrogen functional groups attached to an aromatic ring is 1. The third-order valence-electron chi connectivity index (χ3n) is 3.75. The number of nitrogens with two attached hydrogens (primary N) is 1. The molecule has 1 saturated heterocycles. The Morgan fingerprint density at radius 3 is 2.83 bits per heavy atom. The van der Waals surface area contributed by atoms with Crippen molar-refractivity contribution in [2.45, 2.75) is 25.3 Å². The Morgan fingerprint density at radius 1 is 1.39 bits per heavy atom. The first-order chi connectivity index (χ1) is 8.60. The normalized spacial score (nSPS) is 19.2. The molecule has 3 rings (SSSR count). The van der Waals surface area contributed by atoms with E-state index in [0.717, 1.165) is 41.6 Å². The van der Waals surface area contributed by atoms with Gasteiger partial charge in [0.1, 0.15) is 0 Å². The Bertz CT molecular complexity index is 587. The van der Waals surface area contributed by atoms with Gasteiger partial charge in [-0.15, -0.1) is 0 Å². The van der Waals surface area contributed by atoms with Crippen LogP contribution in [0.4, 0.5) is 5.95 Å². The Balaban J connectivity index is 2.18. The summed E-state index contributed by atoms with van der Waals surface area (Å²) in [6.45, 7) is 3.80. The average molecular weight is 310 g/mol. The largest absolute Gasteiger partial charge is 0.381 e. The third kappa shape index (κ3) is 1.82. The van der Waals surface area contributed by atoms with Crippen molar-refractivity contribution in [1.29, 1.82) is 0 Å². The van der Waals surface area contributed by atoms with Crippen LogP contribution in [0.2, 0.25) is 0 Å². The standard InChI is InChI=1S/C13H16BrN3O/c1-13(4-6-18-7-5-13)17-11-3-2-9(14)8-10(11)16-12(17)15/h2-3,8H,4-7H2,1H3,(H2,15,16). The summed E-state index contributed by atoms with van der Waals surface area (Å²) in [5, 5.41) is 0. The van der Waals surface area contributed by atoms with Crippen LogP contribution in [0.25, 0.3) is 11.0 Å². The van der Waals surface area contributed by atoms with Gasteiger partial charge in [-0.05, 0) is 38.0 Å². The van der Waals surface area contributed by atoms with Crippen molar-refractivity contribution < 1.29 is 4.74 Å². The average Bonchev–Trinajstić information content (AvgIpc) is 2.65. The van der Waals surface area contributed by atoms with Gasteiger partial charge in [0.25, 0.3) is 0 Å². The molecule has 2 N–H and O–H groups in total. The maximum absolute atomic E-state index is 6.12. The van der Waals surface area contributed by atoms with E-state index in [4.69, 9.17) is 10.5 Å². The van der Waals surface area contributed by atoms with Crippen molar-refractivity contribution in [3.63, 3.8) is 0 Å². The van der Waals surface area contributed by atoms with Gasteiger partial charge >= 0.3 is 0 Å². The molecule has 96 valence electrons. The van der Waals surface area contributed by atoms with Crippen molar-refractivity contribution in [2.24, 2.45) is 0 Å². The van der Waals surface area contributed by atoms with Crippen LogP contribution in [0.1, 0.15) is 19.8 Å². The summed E-state index contributed by atoms with van der Waals surface area (Å²) in [6.07, 6.45) is 1.94. The second kappa shape index (κ2) is 4.24. The van der Waals surface area contributed by atoms with E-state index in [0.29, 0.717) is 5.95 Å². The summed E-state index contributed by atoms with van der Waals surface area (Å²) in [5.74, 6) is 0.590. The van der Waals surface area contributed by atoms with Crippen molar-refractivity contribution in [3.05, 3.63) is 22.7 Å². The molecule has 18 heavy (non-hydrogen) atoms. The molecule has 1 aromatic carbocycles. The van der Waals surface area contributed by atoms with E-state index in [1.54, 1.807) is 0 Å². The van der Waals surface area contributed by atoms with E-state index in [9.17, 15) is 0 Å². The molecule has 0 amide bonds. The summed E-state index contributed by atoms with van der Waals surface area (Å²) in [5.41, 5.74) is 8.16. The van der Waals surface area contributed by atoms with Crippen LogP contribution in [0, 0.1) is 0 Å². The number of hydrogen-bond donors (Lipinski definition) is 1. The number of aromatic nitrogens is 2. The van der Waals surface area contributed by atoms with Crippen LogP contribution in [0.15, 0.2) is 22.7 Å². The number of fused-ring (bicyclic) bond motifs is 1. The lowest BCUT2D eigenvalue weighted by Gasteiger charge is -2.36. The Labute approximate surface area is 114 Å². The minimum atomic E-state index is 0.00487. The minimum absolute atomic E-state index is 0.00487. The number of imidazole rings is 1. The molecular weight excluding hydrogens is 294 g/mol. The fourth-order valence-electron chi connectivity index (χ4n) is 2.67. The Hall–Kier alpha value is -1.07. The number of halogens is 1. The molecule has 1 aromatic heterocycles. The molecule has 0 atom stereocenters. The lowest BCUT2D eigenvalue weighted by Crippen LogP contribution is -2.37. The van der Waals surface area contributed by atoms with Gasteiger partial charge in [-0.2, -0.15) is 0 Å². The SMILES string of the molecule is CC1(n2c(N)nc3cc(Br)ccc32)CCOCC1. The molecule has 0 aliphatic carbocycles. The lowest BCUT2D eigenvalue weighted by molar-refractivity contribution is 0.0320. The molecule has 2 heterocycles. The molecule has 5 heteroatoms. The summed E-state index contributed by atoms with van der Waals surface area (Å²) >= 11 is 3.47. The van der Waals surface area contributed by atoms with Gasteiger partial charge in [0, 0.05) is 23.2 Å². The monoisotopic (exact) mass is 309 g/mol. The molecule has 0 bridgehead atoms.